The summed E-state index contributed by atoms with van der Waals surface area (Å²) < 4.78 is 5.20. The Labute approximate surface area is 159 Å². The molecule has 1 aliphatic rings. The molecule has 0 unspecified atom stereocenters. The molecule has 138 valence electrons. The lowest BCUT2D eigenvalue weighted by Gasteiger charge is -2.07. The average molecular weight is 384 g/mol. The van der Waals surface area contributed by atoms with Gasteiger partial charge in [-0.1, -0.05) is 23.9 Å². The summed E-state index contributed by atoms with van der Waals surface area (Å²) >= 11 is 1.31. The smallest absolute Gasteiger partial charge is 0.269 e. The van der Waals surface area contributed by atoms with Crippen LogP contribution < -0.4 is 10.1 Å². The van der Waals surface area contributed by atoms with Crippen molar-refractivity contribution in [2.45, 2.75) is 11.7 Å². The van der Waals surface area contributed by atoms with Crippen molar-refractivity contribution in [1.29, 1.82) is 0 Å². The van der Waals surface area contributed by atoms with Gasteiger partial charge in [-0.15, -0.1) is 5.10 Å². The van der Waals surface area contributed by atoms with Gasteiger partial charge in [0.15, 0.2) is 5.17 Å². The number of rotatable bonds is 6. The molecular formula is C18H16N4O4S. The van der Waals surface area contributed by atoms with E-state index >= 15 is 0 Å². The molecule has 27 heavy (non-hydrogen) atoms. The van der Waals surface area contributed by atoms with E-state index < -0.39 is 4.92 Å². The maximum atomic E-state index is 12.1. The van der Waals surface area contributed by atoms with Gasteiger partial charge in [0, 0.05) is 12.1 Å². The van der Waals surface area contributed by atoms with Crippen LogP contribution in [-0.2, 0) is 11.2 Å². The van der Waals surface area contributed by atoms with Gasteiger partial charge in [-0.2, -0.15) is 5.10 Å². The predicted molar refractivity (Wildman–Crippen MR) is 104 cm³/mol. The topological polar surface area (TPSA) is 106 Å². The Hall–Kier alpha value is -3.20. The van der Waals surface area contributed by atoms with E-state index in [0.717, 1.165) is 11.3 Å². The number of nitrogens with zero attached hydrogens (tertiary/aromatic N) is 3. The fourth-order valence-electron chi connectivity index (χ4n) is 2.43. The Morgan fingerprint density at radius 1 is 1.30 bits per heavy atom. The quantitative estimate of drug-likeness (QED) is 0.468. The molecule has 1 fully saturated rings. The van der Waals surface area contributed by atoms with E-state index in [0.29, 0.717) is 17.2 Å². The number of carbonyl (C=O) groups is 1. The highest BCUT2D eigenvalue weighted by Gasteiger charge is 2.30. The molecule has 1 N–H and O–H groups in total. The van der Waals surface area contributed by atoms with Crippen LogP contribution in [0.1, 0.15) is 11.1 Å². The first-order valence-corrected chi connectivity index (χ1v) is 8.89. The number of amides is 1. The standard InChI is InChI=1S/C18H16N4O4S/c1-26-15-4-2-3-13(9-15)10-16-17(23)20-18(27-16)21-19-11-12-5-7-14(8-6-12)22(24)25/h2-9,11,16H,10H2,1H3,(H,20,21,23)/b19-11-/t16-/m1/s1. The van der Waals surface area contributed by atoms with Crippen molar-refractivity contribution in [3.8, 4) is 5.75 Å². The number of thioether (sulfide) groups is 1. The third kappa shape index (κ3) is 4.91. The molecule has 0 aliphatic carbocycles. The van der Waals surface area contributed by atoms with Crippen LogP contribution in [0.5, 0.6) is 5.75 Å². The van der Waals surface area contributed by atoms with Crippen LogP contribution in [0.3, 0.4) is 0 Å². The van der Waals surface area contributed by atoms with Crippen LogP contribution in [0.25, 0.3) is 0 Å². The largest absolute Gasteiger partial charge is 0.497 e. The number of nitro benzene ring substituents is 1. The van der Waals surface area contributed by atoms with Crippen molar-refractivity contribution in [3.05, 3.63) is 69.8 Å². The van der Waals surface area contributed by atoms with Crippen LogP contribution in [0.4, 0.5) is 5.69 Å². The molecule has 1 saturated heterocycles. The monoisotopic (exact) mass is 384 g/mol. The normalized spacial score (nSPS) is 18.0. The zero-order valence-electron chi connectivity index (χ0n) is 14.4. The Morgan fingerprint density at radius 2 is 2.07 bits per heavy atom. The first-order valence-electron chi connectivity index (χ1n) is 8.01. The molecule has 0 radical (unpaired) electrons. The summed E-state index contributed by atoms with van der Waals surface area (Å²) in [6.07, 6.45) is 2.03. The lowest BCUT2D eigenvalue weighted by Crippen LogP contribution is -2.25. The molecule has 0 saturated carbocycles. The predicted octanol–water partition coefficient (Wildman–Crippen LogP) is 2.77. The van der Waals surface area contributed by atoms with E-state index in [2.05, 4.69) is 15.5 Å². The summed E-state index contributed by atoms with van der Waals surface area (Å²) in [5.74, 6) is 0.629. The molecule has 1 amide bonds. The molecular weight excluding hydrogens is 368 g/mol. The second-order valence-corrected chi connectivity index (χ2v) is 6.84. The van der Waals surface area contributed by atoms with Crippen molar-refractivity contribution < 1.29 is 14.5 Å². The molecule has 1 atom stereocenters. The number of benzene rings is 2. The minimum Gasteiger partial charge on any atom is -0.497 e. The molecule has 3 rings (SSSR count). The lowest BCUT2D eigenvalue weighted by atomic mass is 10.1. The van der Waals surface area contributed by atoms with E-state index in [1.54, 1.807) is 19.2 Å². The summed E-state index contributed by atoms with van der Waals surface area (Å²) in [6, 6.07) is 13.5. The van der Waals surface area contributed by atoms with Gasteiger partial charge < -0.3 is 10.1 Å². The number of methoxy groups -OCH3 is 1. The summed E-state index contributed by atoms with van der Waals surface area (Å²) in [6.45, 7) is 0. The van der Waals surface area contributed by atoms with Crippen molar-refractivity contribution in [2.75, 3.05) is 7.11 Å². The van der Waals surface area contributed by atoms with Crippen LogP contribution in [-0.4, -0.2) is 34.6 Å². The number of hydrogen-bond acceptors (Lipinski definition) is 7. The van der Waals surface area contributed by atoms with Crippen molar-refractivity contribution in [2.24, 2.45) is 10.2 Å². The van der Waals surface area contributed by atoms with E-state index in [-0.39, 0.29) is 16.8 Å². The summed E-state index contributed by atoms with van der Waals surface area (Å²) in [5.41, 5.74) is 1.68. The van der Waals surface area contributed by atoms with Crippen LogP contribution in [0.2, 0.25) is 0 Å². The molecule has 9 heteroatoms. The first-order chi connectivity index (χ1) is 13.0. The highest BCUT2D eigenvalue weighted by Crippen LogP contribution is 2.24. The van der Waals surface area contributed by atoms with E-state index in [1.807, 2.05) is 24.3 Å². The average Bonchev–Trinajstić information content (AvgIpc) is 3.01. The van der Waals surface area contributed by atoms with Gasteiger partial charge in [0.1, 0.15) is 5.75 Å². The number of nitro groups is 1. The lowest BCUT2D eigenvalue weighted by molar-refractivity contribution is -0.384. The van der Waals surface area contributed by atoms with Gasteiger partial charge in [0.2, 0.25) is 5.91 Å². The van der Waals surface area contributed by atoms with Crippen molar-refractivity contribution >= 4 is 34.7 Å². The minimum atomic E-state index is -0.464. The van der Waals surface area contributed by atoms with Gasteiger partial charge in [-0.25, -0.2) is 0 Å². The molecule has 0 bridgehead atoms. The maximum absolute atomic E-state index is 12.1. The van der Waals surface area contributed by atoms with E-state index in [4.69, 9.17) is 4.74 Å². The van der Waals surface area contributed by atoms with Gasteiger partial charge in [-0.3, -0.25) is 14.9 Å². The van der Waals surface area contributed by atoms with Crippen molar-refractivity contribution in [1.82, 2.24) is 5.32 Å². The molecule has 0 aromatic heterocycles. The highest BCUT2D eigenvalue weighted by atomic mass is 32.2. The minimum absolute atomic E-state index is 0.0115. The van der Waals surface area contributed by atoms with E-state index in [9.17, 15) is 14.9 Å². The van der Waals surface area contributed by atoms with Gasteiger partial charge in [0.25, 0.3) is 5.69 Å². The SMILES string of the molecule is COc1cccc(C[C@H]2S/C(=N/N=C\c3ccc([N+](=O)[O-])cc3)NC2=O)c1. The molecule has 2 aromatic carbocycles. The molecule has 8 nitrogen and oxygen atoms in total. The van der Waals surface area contributed by atoms with Crippen LogP contribution in [0.15, 0.2) is 58.7 Å². The van der Waals surface area contributed by atoms with Gasteiger partial charge >= 0.3 is 0 Å². The summed E-state index contributed by atoms with van der Waals surface area (Å²) in [5, 5.41) is 21.4. The van der Waals surface area contributed by atoms with Crippen LogP contribution in [0, 0.1) is 10.1 Å². The second kappa shape index (κ2) is 8.45. The Bertz CT molecular complexity index is 912. The maximum Gasteiger partial charge on any atom is 0.269 e. The molecule has 1 heterocycles. The number of hydrogen-bond donors (Lipinski definition) is 1. The number of non-ortho nitro benzene ring substituents is 1. The zero-order chi connectivity index (χ0) is 19.2. The Kier molecular flexibility index (Phi) is 5.82. The first kappa shape index (κ1) is 18.6. The van der Waals surface area contributed by atoms with Crippen molar-refractivity contribution in [3.63, 3.8) is 0 Å². The molecule has 2 aromatic rings. The third-order valence-electron chi connectivity index (χ3n) is 3.79. The third-order valence-corrected chi connectivity index (χ3v) is 4.86. The molecule has 1 aliphatic heterocycles. The van der Waals surface area contributed by atoms with Crippen LogP contribution >= 0.6 is 11.8 Å². The summed E-state index contributed by atoms with van der Waals surface area (Å²) in [4.78, 5) is 22.3. The summed E-state index contributed by atoms with van der Waals surface area (Å²) in [7, 11) is 1.60. The Balaban J connectivity index is 1.61. The zero-order valence-corrected chi connectivity index (χ0v) is 15.2. The van der Waals surface area contributed by atoms with E-state index in [1.165, 1.54) is 30.1 Å². The number of carbonyl (C=O) groups excluding carboxylic acids is 1. The van der Waals surface area contributed by atoms with Gasteiger partial charge in [0.05, 0.1) is 23.5 Å². The fourth-order valence-corrected chi connectivity index (χ4v) is 3.40. The fraction of sp³-hybridized carbons (Fsp3) is 0.167. The number of amidine groups is 1. The number of nitrogens with one attached hydrogen (secondary N) is 1. The second-order valence-electron chi connectivity index (χ2n) is 5.65. The van der Waals surface area contributed by atoms with Gasteiger partial charge in [-0.05, 0) is 41.8 Å². The Morgan fingerprint density at radius 3 is 2.78 bits per heavy atom. The highest BCUT2D eigenvalue weighted by molar-refractivity contribution is 8.15. The number of ether oxygens (including phenoxy) is 1. The molecule has 0 spiro atoms.